The Bertz CT molecular complexity index is 1050. The minimum Gasteiger partial charge on any atom is -0.508 e. The van der Waals surface area contributed by atoms with Crippen molar-refractivity contribution in [2.75, 3.05) is 13.1 Å². The van der Waals surface area contributed by atoms with Crippen LogP contribution in [0.4, 0.5) is 8.78 Å². The molecule has 35 heavy (non-hydrogen) atoms. The van der Waals surface area contributed by atoms with Crippen LogP contribution in [0.5, 0.6) is 11.5 Å². The van der Waals surface area contributed by atoms with Gasteiger partial charge in [0.15, 0.2) is 0 Å². The number of phenols is 2. The van der Waals surface area contributed by atoms with Crippen LogP contribution < -0.4 is 0 Å². The lowest BCUT2D eigenvalue weighted by molar-refractivity contribution is 0.0986. The van der Waals surface area contributed by atoms with Gasteiger partial charge in [0.25, 0.3) is 0 Å². The highest BCUT2D eigenvalue weighted by atomic mass is 19.1. The number of halogens is 2. The van der Waals surface area contributed by atoms with Crippen molar-refractivity contribution in [2.24, 2.45) is 0 Å². The first-order chi connectivity index (χ1) is 16.9. The highest BCUT2D eigenvalue weighted by Gasteiger charge is 2.13. The number of aliphatic hydroxyl groups is 1. The van der Waals surface area contributed by atoms with Crippen LogP contribution in [0.25, 0.3) is 0 Å². The van der Waals surface area contributed by atoms with Gasteiger partial charge in [-0.15, -0.1) is 0 Å². The van der Waals surface area contributed by atoms with Gasteiger partial charge in [0, 0.05) is 13.1 Å². The van der Waals surface area contributed by atoms with Crippen molar-refractivity contribution in [2.45, 2.75) is 57.6 Å². The van der Waals surface area contributed by atoms with Crippen molar-refractivity contribution in [1.82, 2.24) is 4.90 Å². The smallest absolute Gasteiger partial charge is 0.123 e. The third kappa shape index (κ3) is 9.30. The second kappa shape index (κ2) is 13.8. The van der Waals surface area contributed by atoms with Crippen LogP contribution in [0.15, 0.2) is 66.7 Å². The maximum absolute atomic E-state index is 13.4. The number of rotatable bonds is 14. The van der Waals surface area contributed by atoms with Gasteiger partial charge in [0.1, 0.15) is 23.1 Å². The topological polar surface area (TPSA) is 63.9 Å². The van der Waals surface area contributed by atoms with Gasteiger partial charge in [-0.25, -0.2) is 8.78 Å². The molecule has 0 saturated heterocycles. The minimum absolute atomic E-state index is 0.0816. The monoisotopic (exact) mass is 483 g/mol. The van der Waals surface area contributed by atoms with Crippen LogP contribution in [-0.4, -0.2) is 39.4 Å². The number of aromatic hydroxyl groups is 2. The lowest BCUT2D eigenvalue weighted by atomic mass is 10.0. The van der Waals surface area contributed by atoms with Gasteiger partial charge >= 0.3 is 0 Å². The molecule has 3 rings (SSSR count). The molecule has 1 atom stereocenters. The maximum atomic E-state index is 13.4. The number of aryl methyl sites for hydroxylation is 2. The summed E-state index contributed by atoms with van der Waals surface area (Å²) in [5.74, 6) is -0.502. The molecule has 0 aliphatic rings. The van der Waals surface area contributed by atoms with Crippen LogP contribution in [0.2, 0.25) is 0 Å². The molecule has 0 fully saturated rings. The molecule has 3 aromatic rings. The summed E-state index contributed by atoms with van der Waals surface area (Å²) in [4.78, 5) is 2.24. The molecule has 4 nitrogen and oxygen atoms in total. The normalized spacial score (nSPS) is 12.2. The Kier molecular flexibility index (Phi) is 10.5. The average Bonchev–Trinajstić information content (AvgIpc) is 2.83. The first kappa shape index (κ1) is 26.6. The van der Waals surface area contributed by atoms with Gasteiger partial charge in [-0.2, -0.15) is 0 Å². The Balaban J connectivity index is 1.46. The molecule has 0 saturated carbocycles. The molecule has 0 aliphatic heterocycles. The number of benzene rings is 3. The molecule has 3 N–H and O–H groups in total. The quantitative estimate of drug-likeness (QED) is 0.247. The fourth-order valence-electron chi connectivity index (χ4n) is 4.33. The molecule has 0 aliphatic carbocycles. The van der Waals surface area contributed by atoms with E-state index in [1.807, 2.05) is 18.2 Å². The number of phenolic OH excluding ortho intramolecular Hbond substituents is 2. The summed E-state index contributed by atoms with van der Waals surface area (Å²) in [6, 6.07) is 18.1. The average molecular weight is 484 g/mol. The molecule has 0 aromatic heterocycles. The number of hydrogen-bond acceptors (Lipinski definition) is 4. The van der Waals surface area contributed by atoms with E-state index in [1.54, 1.807) is 0 Å². The summed E-state index contributed by atoms with van der Waals surface area (Å²) in [7, 11) is 0. The van der Waals surface area contributed by atoms with Gasteiger partial charge in [-0.05, 0) is 98.2 Å². The fourth-order valence-corrected chi connectivity index (χ4v) is 4.33. The van der Waals surface area contributed by atoms with E-state index >= 15 is 0 Å². The van der Waals surface area contributed by atoms with Crippen molar-refractivity contribution >= 4 is 0 Å². The van der Waals surface area contributed by atoms with E-state index in [0.29, 0.717) is 43.4 Å². The van der Waals surface area contributed by atoms with E-state index < -0.39 is 6.10 Å². The molecule has 1 unspecified atom stereocenters. The second-order valence-electron chi connectivity index (χ2n) is 9.12. The fraction of sp³-hybridized carbons (Fsp3) is 0.379. The summed E-state index contributed by atoms with van der Waals surface area (Å²) < 4.78 is 26.8. The predicted molar refractivity (Wildman–Crippen MR) is 134 cm³/mol. The van der Waals surface area contributed by atoms with E-state index in [0.717, 1.165) is 32.4 Å². The largest absolute Gasteiger partial charge is 0.508 e. The van der Waals surface area contributed by atoms with Crippen molar-refractivity contribution < 1.29 is 24.1 Å². The molecule has 3 aromatic carbocycles. The van der Waals surface area contributed by atoms with E-state index in [2.05, 4.69) is 17.0 Å². The van der Waals surface area contributed by atoms with Crippen LogP contribution in [0.3, 0.4) is 0 Å². The summed E-state index contributed by atoms with van der Waals surface area (Å²) >= 11 is 0. The third-order valence-electron chi connectivity index (χ3n) is 6.20. The molecule has 0 bridgehead atoms. The molecular formula is C29H35F2NO3. The number of nitrogens with zero attached hydrogens (tertiary/aromatic N) is 1. The summed E-state index contributed by atoms with van der Waals surface area (Å²) in [6.07, 6.45) is 4.50. The summed E-state index contributed by atoms with van der Waals surface area (Å²) in [6.45, 7) is 2.06. The maximum Gasteiger partial charge on any atom is 0.123 e. The Hall–Kier alpha value is -2.96. The molecule has 0 heterocycles. The van der Waals surface area contributed by atoms with Crippen LogP contribution in [0.1, 0.15) is 48.8 Å². The van der Waals surface area contributed by atoms with Crippen molar-refractivity contribution in [1.29, 1.82) is 0 Å². The lowest BCUT2D eigenvalue weighted by Crippen LogP contribution is -2.33. The summed E-state index contributed by atoms with van der Waals surface area (Å²) in [5, 5.41) is 30.4. The standard InChI is InChI=1S/C29H35F2NO3/c30-25-13-15-28(34)23(18-25)10-5-2-6-17-32(20-22-8-3-1-4-9-22)21-27(33)12-7-11-24-19-26(31)14-16-29(24)35/h1,3-4,8-9,13-16,18-19,27,33-35H,2,5-7,10-12,17,20-21H2. The zero-order valence-electron chi connectivity index (χ0n) is 20.0. The molecule has 0 radical (unpaired) electrons. The van der Waals surface area contributed by atoms with Gasteiger partial charge in [-0.1, -0.05) is 36.8 Å². The van der Waals surface area contributed by atoms with Crippen molar-refractivity contribution in [3.8, 4) is 11.5 Å². The first-order valence-electron chi connectivity index (χ1n) is 12.3. The third-order valence-corrected chi connectivity index (χ3v) is 6.20. The zero-order valence-corrected chi connectivity index (χ0v) is 20.0. The Morgan fingerprint density at radius 3 is 1.94 bits per heavy atom. The Morgan fingerprint density at radius 2 is 1.31 bits per heavy atom. The minimum atomic E-state index is -0.529. The molecule has 0 spiro atoms. The molecule has 0 amide bonds. The highest BCUT2D eigenvalue weighted by molar-refractivity contribution is 5.33. The van der Waals surface area contributed by atoms with Gasteiger partial charge < -0.3 is 15.3 Å². The van der Waals surface area contributed by atoms with E-state index in [-0.39, 0.29) is 23.1 Å². The van der Waals surface area contributed by atoms with Gasteiger partial charge in [-0.3, -0.25) is 4.90 Å². The molecule has 188 valence electrons. The molecular weight excluding hydrogens is 448 g/mol. The molecule has 6 heteroatoms. The van der Waals surface area contributed by atoms with Gasteiger partial charge in [0.2, 0.25) is 0 Å². The highest BCUT2D eigenvalue weighted by Crippen LogP contribution is 2.22. The zero-order chi connectivity index (χ0) is 25.0. The van der Waals surface area contributed by atoms with Crippen molar-refractivity contribution in [3.63, 3.8) is 0 Å². The van der Waals surface area contributed by atoms with Crippen LogP contribution in [-0.2, 0) is 19.4 Å². The van der Waals surface area contributed by atoms with Crippen LogP contribution in [0, 0.1) is 11.6 Å². The Morgan fingerprint density at radius 1 is 0.714 bits per heavy atom. The van der Waals surface area contributed by atoms with Crippen LogP contribution >= 0.6 is 0 Å². The van der Waals surface area contributed by atoms with Crippen molar-refractivity contribution in [3.05, 3.63) is 95.1 Å². The summed E-state index contributed by atoms with van der Waals surface area (Å²) in [5.41, 5.74) is 2.36. The van der Waals surface area contributed by atoms with Gasteiger partial charge in [0.05, 0.1) is 6.10 Å². The number of aliphatic hydroxyl groups excluding tert-OH is 1. The van der Waals surface area contributed by atoms with E-state index in [4.69, 9.17) is 0 Å². The lowest BCUT2D eigenvalue weighted by Gasteiger charge is -2.25. The van der Waals surface area contributed by atoms with E-state index in [1.165, 1.54) is 42.0 Å². The first-order valence-corrected chi connectivity index (χ1v) is 12.3. The SMILES string of the molecule is Oc1ccc(F)cc1CCCCCN(Cc1ccccc1)CC(O)CCCc1cc(F)ccc1O. The second-order valence-corrected chi connectivity index (χ2v) is 9.12. The number of hydrogen-bond donors (Lipinski definition) is 3. The van der Waals surface area contributed by atoms with E-state index in [9.17, 15) is 24.1 Å². The Labute approximate surface area is 206 Å². The number of unbranched alkanes of at least 4 members (excludes halogenated alkanes) is 2. The predicted octanol–water partition coefficient (Wildman–Crippen LogP) is 5.97.